The van der Waals surface area contributed by atoms with Crippen LogP contribution in [0.4, 0.5) is 0 Å². The summed E-state index contributed by atoms with van der Waals surface area (Å²) in [5.74, 6) is -0.174. The summed E-state index contributed by atoms with van der Waals surface area (Å²) < 4.78 is 0. The van der Waals surface area contributed by atoms with Crippen LogP contribution in [0, 0.1) is 5.92 Å². The first kappa shape index (κ1) is 11.2. The number of rotatable bonds is 1. The Bertz CT molecular complexity index is 220. The highest BCUT2D eigenvalue weighted by atomic mass is 16.2. The number of carbonyl (C=O) groups is 2. The predicted molar refractivity (Wildman–Crippen MR) is 53.7 cm³/mol. The molecule has 0 aromatic carbocycles. The Labute approximate surface area is 84.7 Å². The minimum Gasteiger partial charge on any atom is -0.317 e. The smallest absolute Gasteiger partial charge is 0.232 e. The molecule has 0 aromatic rings. The van der Waals surface area contributed by atoms with Crippen molar-refractivity contribution in [1.82, 2.24) is 10.2 Å². The number of nitrogens with zero attached hydrogens (tertiary/aromatic N) is 1. The average molecular weight is 198 g/mol. The van der Waals surface area contributed by atoms with Gasteiger partial charge in [-0.05, 0) is 32.4 Å². The van der Waals surface area contributed by atoms with Gasteiger partial charge in [0.25, 0.3) is 0 Å². The fourth-order valence-electron chi connectivity index (χ4n) is 1.70. The van der Waals surface area contributed by atoms with Crippen LogP contribution < -0.4 is 5.32 Å². The highest BCUT2D eigenvalue weighted by molar-refractivity contribution is 5.94. The molecular formula is C10H18N2O2. The van der Waals surface area contributed by atoms with Gasteiger partial charge in [-0.15, -0.1) is 0 Å². The Balaban J connectivity index is 2.53. The predicted octanol–water partition coefficient (Wildman–Crippen LogP) is 0.381. The van der Waals surface area contributed by atoms with Crippen molar-refractivity contribution in [3.8, 4) is 0 Å². The Hall–Kier alpha value is -0.900. The van der Waals surface area contributed by atoms with Crippen molar-refractivity contribution in [1.29, 1.82) is 0 Å². The molecule has 1 N–H and O–H groups in total. The van der Waals surface area contributed by atoms with E-state index in [-0.39, 0.29) is 17.7 Å². The Morgan fingerprint density at radius 3 is 2.64 bits per heavy atom. The van der Waals surface area contributed by atoms with E-state index >= 15 is 0 Å². The second-order valence-corrected chi connectivity index (χ2v) is 3.79. The molecule has 1 aliphatic rings. The average Bonchev–Trinajstić information content (AvgIpc) is 2.43. The van der Waals surface area contributed by atoms with E-state index in [1.807, 2.05) is 0 Å². The quantitative estimate of drug-likeness (QED) is 0.662. The maximum Gasteiger partial charge on any atom is 0.232 e. The molecule has 1 aliphatic heterocycles. The molecule has 0 unspecified atom stereocenters. The zero-order valence-electron chi connectivity index (χ0n) is 8.88. The highest BCUT2D eigenvalue weighted by Crippen LogP contribution is 2.15. The Morgan fingerprint density at radius 1 is 1.29 bits per heavy atom. The summed E-state index contributed by atoms with van der Waals surface area (Å²) in [6, 6.07) is 0. The third-order valence-electron chi connectivity index (χ3n) is 2.73. The van der Waals surface area contributed by atoms with Gasteiger partial charge in [0.15, 0.2) is 0 Å². The second-order valence-electron chi connectivity index (χ2n) is 3.79. The second kappa shape index (κ2) is 5.10. The summed E-state index contributed by atoms with van der Waals surface area (Å²) in [5, 5.41) is 3.24. The van der Waals surface area contributed by atoms with Crippen molar-refractivity contribution < 1.29 is 9.59 Å². The maximum atomic E-state index is 11.8. The first-order valence-corrected chi connectivity index (χ1v) is 5.11. The van der Waals surface area contributed by atoms with Gasteiger partial charge in [-0.2, -0.15) is 0 Å². The third kappa shape index (κ3) is 2.80. The monoisotopic (exact) mass is 198 g/mol. The number of imide groups is 1. The van der Waals surface area contributed by atoms with E-state index in [4.69, 9.17) is 0 Å². The number of hydrogen-bond acceptors (Lipinski definition) is 3. The third-order valence-corrected chi connectivity index (χ3v) is 2.73. The van der Waals surface area contributed by atoms with Crippen LogP contribution in [0.25, 0.3) is 0 Å². The van der Waals surface area contributed by atoms with Crippen molar-refractivity contribution >= 4 is 11.8 Å². The van der Waals surface area contributed by atoms with Crippen LogP contribution in [-0.2, 0) is 9.59 Å². The molecule has 0 saturated carbocycles. The molecule has 2 amide bonds. The first-order chi connectivity index (χ1) is 6.63. The zero-order chi connectivity index (χ0) is 10.6. The van der Waals surface area contributed by atoms with E-state index in [1.54, 1.807) is 7.05 Å². The summed E-state index contributed by atoms with van der Waals surface area (Å²) >= 11 is 0. The van der Waals surface area contributed by atoms with Crippen molar-refractivity contribution in [3.63, 3.8) is 0 Å². The molecule has 1 rings (SSSR count). The molecule has 0 spiro atoms. The van der Waals surface area contributed by atoms with E-state index in [0.29, 0.717) is 0 Å². The number of carbonyl (C=O) groups excluding carboxylic acids is 2. The van der Waals surface area contributed by atoms with Gasteiger partial charge < -0.3 is 5.32 Å². The fraction of sp³-hybridized carbons (Fsp3) is 0.800. The van der Waals surface area contributed by atoms with E-state index in [1.165, 1.54) is 11.8 Å². The number of nitrogens with one attached hydrogen (secondary N) is 1. The van der Waals surface area contributed by atoms with E-state index < -0.39 is 0 Å². The standard InChI is InChI=1S/C10H18N2O2/c1-8(13)12(2)10(14)9-4-3-6-11-7-5-9/h9,11H,3-7H2,1-2H3/t9-/m0/s1. The molecule has 1 saturated heterocycles. The largest absolute Gasteiger partial charge is 0.317 e. The molecule has 4 heteroatoms. The molecular weight excluding hydrogens is 180 g/mol. The van der Waals surface area contributed by atoms with Crippen LogP contribution >= 0.6 is 0 Å². The molecule has 4 nitrogen and oxygen atoms in total. The number of amides is 2. The van der Waals surface area contributed by atoms with Crippen molar-refractivity contribution in [2.75, 3.05) is 20.1 Å². The summed E-state index contributed by atoms with van der Waals surface area (Å²) in [6.45, 7) is 3.28. The highest BCUT2D eigenvalue weighted by Gasteiger charge is 2.24. The summed E-state index contributed by atoms with van der Waals surface area (Å²) in [7, 11) is 1.56. The van der Waals surface area contributed by atoms with Crippen molar-refractivity contribution in [2.24, 2.45) is 5.92 Å². The van der Waals surface area contributed by atoms with Gasteiger partial charge in [-0.3, -0.25) is 14.5 Å². The molecule has 0 radical (unpaired) electrons. The van der Waals surface area contributed by atoms with Gasteiger partial charge >= 0.3 is 0 Å². The maximum absolute atomic E-state index is 11.8. The SMILES string of the molecule is CC(=O)N(C)C(=O)[C@H]1CCCNCC1. The Morgan fingerprint density at radius 2 is 2.00 bits per heavy atom. The topological polar surface area (TPSA) is 49.4 Å². The molecule has 1 atom stereocenters. The molecule has 80 valence electrons. The van der Waals surface area contributed by atoms with E-state index in [2.05, 4.69) is 5.32 Å². The minimum atomic E-state index is -0.174. The zero-order valence-corrected chi connectivity index (χ0v) is 8.88. The first-order valence-electron chi connectivity index (χ1n) is 5.11. The minimum absolute atomic E-state index is 0.0267. The fourth-order valence-corrected chi connectivity index (χ4v) is 1.70. The lowest BCUT2D eigenvalue weighted by Crippen LogP contribution is -2.36. The van der Waals surface area contributed by atoms with E-state index in [0.717, 1.165) is 32.4 Å². The molecule has 0 aromatic heterocycles. The molecule has 1 heterocycles. The lowest BCUT2D eigenvalue weighted by atomic mass is 9.99. The summed E-state index contributed by atoms with van der Waals surface area (Å²) in [5.41, 5.74) is 0. The van der Waals surface area contributed by atoms with Crippen molar-refractivity contribution in [3.05, 3.63) is 0 Å². The Kier molecular flexibility index (Phi) is 4.07. The van der Waals surface area contributed by atoms with Crippen LogP contribution in [0.2, 0.25) is 0 Å². The molecule has 14 heavy (non-hydrogen) atoms. The van der Waals surface area contributed by atoms with Gasteiger partial charge in [-0.1, -0.05) is 0 Å². The van der Waals surface area contributed by atoms with Crippen LogP contribution in [0.15, 0.2) is 0 Å². The molecule has 0 bridgehead atoms. The van der Waals surface area contributed by atoms with Crippen LogP contribution in [0.1, 0.15) is 26.2 Å². The van der Waals surface area contributed by atoms with Crippen LogP contribution in [0.5, 0.6) is 0 Å². The van der Waals surface area contributed by atoms with Gasteiger partial charge in [0.1, 0.15) is 0 Å². The molecule has 0 aliphatic carbocycles. The number of hydrogen-bond donors (Lipinski definition) is 1. The lowest BCUT2D eigenvalue weighted by Gasteiger charge is -2.19. The summed E-state index contributed by atoms with van der Waals surface area (Å²) in [4.78, 5) is 24.0. The van der Waals surface area contributed by atoms with Crippen LogP contribution in [-0.4, -0.2) is 36.9 Å². The van der Waals surface area contributed by atoms with E-state index in [9.17, 15) is 9.59 Å². The van der Waals surface area contributed by atoms with Gasteiger partial charge in [0, 0.05) is 19.9 Å². The van der Waals surface area contributed by atoms with Gasteiger partial charge in [0.05, 0.1) is 0 Å². The summed E-state index contributed by atoms with van der Waals surface area (Å²) in [6.07, 6.45) is 2.75. The van der Waals surface area contributed by atoms with Gasteiger partial charge in [0.2, 0.25) is 11.8 Å². The van der Waals surface area contributed by atoms with Crippen molar-refractivity contribution in [2.45, 2.75) is 26.2 Å². The van der Waals surface area contributed by atoms with Gasteiger partial charge in [-0.25, -0.2) is 0 Å². The molecule has 1 fully saturated rings. The van der Waals surface area contributed by atoms with Crippen LogP contribution in [0.3, 0.4) is 0 Å². The normalized spacial score (nSPS) is 22.6. The lowest BCUT2D eigenvalue weighted by molar-refractivity contribution is -0.144.